The maximum atomic E-state index is 2.89. The summed E-state index contributed by atoms with van der Waals surface area (Å²) >= 11 is 0. The van der Waals surface area contributed by atoms with E-state index in [0.717, 1.165) is 0 Å². The predicted molar refractivity (Wildman–Crippen MR) is 237 cm³/mol. The van der Waals surface area contributed by atoms with Crippen LogP contribution in [0.5, 0.6) is 0 Å². The van der Waals surface area contributed by atoms with Crippen molar-refractivity contribution in [1.29, 1.82) is 0 Å². The van der Waals surface area contributed by atoms with Crippen LogP contribution in [0.2, 0.25) is 0 Å². The van der Waals surface area contributed by atoms with E-state index >= 15 is 0 Å². The molecule has 0 spiro atoms. The Morgan fingerprint density at radius 1 is 0.618 bits per heavy atom. The second-order valence-electron chi connectivity index (χ2n) is 20.6. The van der Waals surface area contributed by atoms with Crippen molar-refractivity contribution in [3.63, 3.8) is 0 Å². The molecule has 0 radical (unpaired) electrons. The summed E-state index contributed by atoms with van der Waals surface area (Å²) in [5.74, 6) is 0. The molecule has 2 atom stereocenters. The van der Waals surface area contributed by atoms with Crippen LogP contribution in [0.25, 0.3) is 16.6 Å². The highest BCUT2D eigenvalue weighted by Crippen LogP contribution is 2.64. The summed E-state index contributed by atoms with van der Waals surface area (Å²) in [6.07, 6.45) is 5.01. The maximum absolute atomic E-state index is 2.89. The van der Waals surface area contributed by atoms with Crippen molar-refractivity contribution in [2.45, 2.75) is 129 Å². The van der Waals surface area contributed by atoms with Crippen LogP contribution in [0, 0.1) is 6.92 Å². The van der Waals surface area contributed by atoms with E-state index in [1.807, 2.05) is 0 Å². The van der Waals surface area contributed by atoms with Crippen LogP contribution >= 0.6 is 0 Å². The van der Waals surface area contributed by atoms with Gasteiger partial charge in [-0.3, -0.25) is 0 Å². The lowest BCUT2D eigenvalue weighted by Crippen LogP contribution is -2.61. The van der Waals surface area contributed by atoms with Gasteiger partial charge in [0, 0.05) is 39.2 Å². The van der Waals surface area contributed by atoms with Gasteiger partial charge in [-0.05, 0) is 117 Å². The SMILES string of the molecule is Cc1cc2c3c(c1)N1c4c(cc(C(C)(C)C)cc4C4(C)CCCCC14C)B3C1=C(N2c2ccc(C(C)(C)C)cc2-c2ccccc2)C(C)(C)c2ccccc21. The van der Waals surface area contributed by atoms with Crippen molar-refractivity contribution in [2.24, 2.45) is 0 Å². The highest BCUT2D eigenvalue weighted by atomic mass is 15.3. The first-order chi connectivity index (χ1) is 26.0. The van der Waals surface area contributed by atoms with Gasteiger partial charge in [-0.2, -0.15) is 0 Å². The van der Waals surface area contributed by atoms with E-state index in [4.69, 9.17) is 0 Å². The molecule has 5 aromatic carbocycles. The number of hydrogen-bond donors (Lipinski definition) is 0. The first-order valence-electron chi connectivity index (χ1n) is 21.0. The summed E-state index contributed by atoms with van der Waals surface area (Å²) in [6.45, 7) is 26.9. The summed E-state index contributed by atoms with van der Waals surface area (Å²) < 4.78 is 0. The fourth-order valence-electron chi connectivity index (χ4n) is 11.7. The highest BCUT2D eigenvalue weighted by molar-refractivity contribution is 7.03. The van der Waals surface area contributed by atoms with Gasteiger partial charge in [0.25, 0.3) is 6.71 Å². The van der Waals surface area contributed by atoms with Crippen LogP contribution in [0.4, 0.5) is 22.7 Å². The molecule has 3 aliphatic heterocycles. The average molecular weight is 721 g/mol. The molecule has 2 nitrogen and oxygen atoms in total. The minimum absolute atomic E-state index is 0.0126. The van der Waals surface area contributed by atoms with Gasteiger partial charge in [0.1, 0.15) is 0 Å². The second-order valence-corrected chi connectivity index (χ2v) is 20.6. The number of nitrogens with zero attached hydrogens (tertiary/aromatic N) is 2. The van der Waals surface area contributed by atoms with E-state index < -0.39 is 0 Å². The third kappa shape index (κ3) is 4.50. The van der Waals surface area contributed by atoms with Gasteiger partial charge in [-0.25, -0.2) is 0 Å². The third-order valence-corrected chi connectivity index (χ3v) is 14.9. The molecule has 1 fully saturated rings. The minimum atomic E-state index is -0.224. The Morgan fingerprint density at radius 2 is 1.29 bits per heavy atom. The van der Waals surface area contributed by atoms with Crippen molar-refractivity contribution in [3.05, 3.63) is 136 Å². The maximum Gasteiger partial charge on any atom is 0.252 e. The van der Waals surface area contributed by atoms with E-state index in [1.165, 1.54) is 109 Å². The quantitative estimate of drug-likeness (QED) is 0.168. The highest BCUT2D eigenvalue weighted by Gasteiger charge is 2.62. The summed E-state index contributed by atoms with van der Waals surface area (Å²) in [7, 11) is 0. The fourth-order valence-corrected chi connectivity index (χ4v) is 11.7. The fraction of sp³-hybridized carbons (Fsp3) is 0.385. The van der Waals surface area contributed by atoms with Crippen LogP contribution in [0.15, 0.2) is 103 Å². The Bertz CT molecular complexity index is 2490. The number of benzene rings is 5. The van der Waals surface area contributed by atoms with Crippen molar-refractivity contribution >= 4 is 45.9 Å². The van der Waals surface area contributed by atoms with Gasteiger partial charge < -0.3 is 9.80 Å². The number of allylic oxidation sites excluding steroid dienone is 1. The normalized spacial score (nSPS) is 23.0. The zero-order chi connectivity index (χ0) is 38.6. The van der Waals surface area contributed by atoms with Gasteiger partial charge in [0.15, 0.2) is 0 Å². The lowest BCUT2D eigenvalue weighted by atomic mass is 9.32. The molecule has 0 bridgehead atoms. The zero-order valence-corrected chi connectivity index (χ0v) is 35.0. The number of aryl methyl sites for hydroxylation is 1. The molecule has 2 unspecified atom stereocenters. The molecule has 278 valence electrons. The van der Waals surface area contributed by atoms with Crippen molar-refractivity contribution in [2.75, 3.05) is 9.80 Å². The largest absolute Gasteiger partial charge is 0.335 e. The first kappa shape index (κ1) is 35.0. The van der Waals surface area contributed by atoms with E-state index in [1.54, 1.807) is 5.56 Å². The molecule has 3 heterocycles. The van der Waals surface area contributed by atoms with Crippen molar-refractivity contribution in [1.82, 2.24) is 0 Å². The summed E-state index contributed by atoms with van der Waals surface area (Å²) in [5, 5.41) is 0. The molecular weight excluding hydrogens is 663 g/mol. The Balaban J connectivity index is 1.37. The Hall–Kier alpha value is -4.50. The number of anilines is 4. The summed E-state index contributed by atoms with van der Waals surface area (Å²) in [6, 6.07) is 38.2. The minimum Gasteiger partial charge on any atom is -0.335 e. The molecule has 10 rings (SSSR count). The number of fused-ring (bicyclic) bond motifs is 8. The molecule has 0 saturated heterocycles. The van der Waals surface area contributed by atoms with Crippen LogP contribution in [-0.4, -0.2) is 12.3 Å². The average Bonchev–Trinajstić information content (AvgIpc) is 3.50. The zero-order valence-electron chi connectivity index (χ0n) is 35.0. The van der Waals surface area contributed by atoms with Gasteiger partial charge in [0.2, 0.25) is 0 Å². The van der Waals surface area contributed by atoms with Gasteiger partial charge in [-0.15, -0.1) is 0 Å². The molecule has 1 saturated carbocycles. The van der Waals surface area contributed by atoms with Crippen LogP contribution in [-0.2, 0) is 21.7 Å². The standard InChI is InChI=1S/C52H57BN2/c1-32-27-42-45-43(28-32)55-46-39(51(10)25-17-18-26-52(51,55)11)30-35(49(5,6)7)31-40(46)53(45)44-36-21-15-16-22-38(36)50(8,9)47(44)54(42)41-24-23-34(48(2,3)4)29-37(41)33-19-13-12-14-20-33/h12-16,19-24,27-31H,17-18,25-26H2,1-11H3. The second kappa shape index (κ2) is 11.1. The van der Waals surface area contributed by atoms with E-state index in [0.29, 0.717) is 0 Å². The lowest BCUT2D eigenvalue weighted by Gasteiger charge is -2.53. The Kier molecular flexibility index (Phi) is 7.05. The van der Waals surface area contributed by atoms with Crippen molar-refractivity contribution < 1.29 is 0 Å². The number of hydrogen-bond acceptors (Lipinski definition) is 2. The lowest BCUT2D eigenvalue weighted by molar-refractivity contribution is 0.195. The molecule has 55 heavy (non-hydrogen) atoms. The summed E-state index contributed by atoms with van der Waals surface area (Å²) in [5.41, 5.74) is 22.5. The smallest absolute Gasteiger partial charge is 0.252 e. The van der Waals surface area contributed by atoms with E-state index in [9.17, 15) is 0 Å². The van der Waals surface area contributed by atoms with Gasteiger partial charge in [0.05, 0.1) is 11.2 Å². The number of rotatable bonds is 2. The van der Waals surface area contributed by atoms with Crippen molar-refractivity contribution in [3.8, 4) is 11.1 Å². The molecule has 3 heteroatoms. The monoisotopic (exact) mass is 720 g/mol. The molecule has 5 aromatic rings. The van der Waals surface area contributed by atoms with E-state index in [2.05, 4.69) is 183 Å². The van der Waals surface area contributed by atoms with Gasteiger partial charge in [-0.1, -0.05) is 148 Å². The van der Waals surface area contributed by atoms with E-state index in [-0.39, 0.29) is 33.9 Å². The molecule has 0 N–H and O–H groups in total. The molecule has 5 aliphatic rings. The summed E-state index contributed by atoms with van der Waals surface area (Å²) in [4.78, 5) is 5.63. The van der Waals surface area contributed by atoms with Crippen LogP contribution < -0.4 is 20.7 Å². The Morgan fingerprint density at radius 3 is 2.02 bits per heavy atom. The Labute approximate surface area is 330 Å². The molecule has 0 amide bonds. The van der Waals surface area contributed by atoms with Crippen LogP contribution in [0.3, 0.4) is 0 Å². The predicted octanol–water partition coefficient (Wildman–Crippen LogP) is 12.3. The van der Waals surface area contributed by atoms with Crippen LogP contribution in [0.1, 0.15) is 128 Å². The molecule has 2 aliphatic carbocycles. The van der Waals surface area contributed by atoms with Gasteiger partial charge >= 0.3 is 0 Å². The molecular formula is C52H57BN2. The third-order valence-electron chi connectivity index (χ3n) is 14.9. The first-order valence-corrected chi connectivity index (χ1v) is 21.0. The molecule has 0 aromatic heterocycles. The topological polar surface area (TPSA) is 6.48 Å².